The van der Waals surface area contributed by atoms with Gasteiger partial charge in [-0.2, -0.15) is 0 Å². The molecule has 0 amide bonds. The molecule has 3 nitrogen and oxygen atoms in total. The van der Waals surface area contributed by atoms with Crippen LogP contribution in [0, 0.1) is 5.92 Å². The lowest BCUT2D eigenvalue weighted by atomic mass is 10.1. The summed E-state index contributed by atoms with van der Waals surface area (Å²) < 4.78 is 0. The van der Waals surface area contributed by atoms with Gasteiger partial charge < -0.3 is 5.32 Å². The topological polar surface area (TPSA) is 37.8 Å². The number of fused-ring (bicyclic) bond motifs is 1. The summed E-state index contributed by atoms with van der Waals surface area (Å²) >= 11 is 1.92. The summed E-state index contributed by atoms with van der Waals surface area (Å²) in [4.78, 5) is 8.82. The molecular weight excluding hydrogens is 254 g/mol. The fraction of sp³-hybridized carbons (Fsp3) is 0.467. The first-order valence-electron chi connectivity index (χ1n) is 6.83. The molecule has 0 spiro atoms. The molecule has 1 aliphatic carbocycles. The molecular formula is C15H19N3S. The fourth-order valence-electron chi connectivity index (χ4n) is 2.92. The van der Waals surface area contributed by atoms with Gasteiger partial charge in [-0.1, -0.05) is 25.1 Å². The van der Waals surface area contributed by atoms with Crippen molar-refractivity contribution in [2.24, 2.45) is 5.92 Å². The first kappa shape index (κ1) is 12.9. The number of rotatable bonds is 3. The van der Waals surface area contributed by atoms with Crippen molar-refractivity contribution in [1.82, 2.24) is 15.3 Å². The largest absolute Gasteiger partial charge is 0.317 e. The van der Waals surface area contributed by atoms with Crippen LogP contribution in [-0.4, -0.2) is 28.3 Å². The van der Waals surface area contributed by atoms with Crippen LogP contribution in [0.4, 0.5) is 0 Å². The minimum Gasteiger partial charge on any atom is -0.317 e. The second-order valence-corrected chi connectivity index (χ2v) is 6.41. The zero-order chi connectivity index (χ0) is 13.2. The molecule has 1 fully saturated rings. The molecule has 0 radical (unpaired) electrons. The summed E-state index contributed by atoms with van der Waals surface area (Å²) in [7, 11) is 2.06. The highest BCUT2D eigenvalue weighted by Gasteiger charge is 2.32. The lowest BCUT2D eigenvalue weighted by Gasteiger charge is -2.19. The molecule has 19 heavy (non-hydrogen) atoms. The highest BCUT2D eigenvalue weighted by Crippen LogP contribution is 2.39. The SMILES string of the molecule is CNC1CCC(Sc2ncnc3ccccc23)C1C. The van der Waals surface area contributed by atoms with E-state index >= 15 is 0 Å². The van der Waals surface area contributed by atoms with Crippen LogP contribution in [0.1, 0.15) is 19.8 Å². The molecule has 1 saturated carbocycles. The van der Waals surface area contributed by atoms with Gasteiger partial charge in [-0.15, -0.1) is 11.8 Å². The average Bonchev–Trinajstić information content (AvgIpc) is 2.80. The number of para-hydroxylation sites is 1. The monoisotopic (exact) mass is 273 g/mol. The van der Waals surface area contributed by atoms with Crippen molar-refractivity contribution in [3.8, 4) is 0 Å². The third kappa shape index (κ3) is 2.47. The molecule has 1 N–H and O–H groups in total. The number of aromatic nitrogens is 2. The quantitative estimate of drug-likeness (QED) is 0.872. The van der Waals surface area contributed by atoms with E-state index in [1.165, 1.54) is 18.2 Å². The summed E-state index contributed by atoms with van der Waals surface area (Å²) in [6.45, 7) is 2.34. The molecule has 2 aromatic rings. The molecule has 0 bridgehead atoms. The maximum atomic E-state index is 4.49. The fourth-order valence-corrected chi connectivity index (χ4v) is 4.27. The third-order valence-electron chi connectivity index (χ3n) is 4.12. The van der Waals surface area contributed by atoms with E-state index in [9.17, 15) is 0 Å². The molecule has 1 heterocycles. The second-order valence-electron chi connectivity index (χ2n) is 5.18. The number of nitrogens with one attached hydrogen (secondary N) is 1. The van der Waals surface area contributed by atoms with E-state index in [4.69, 9.17) is 0 Å². The van der Waals surface area contributed by atoms with Gasteiger partial charge in [-0.05, 0) is 31.9 Å². The summed E-state index contributed by atoms with van der Waals surface area (Å²) in [5, 5.41) is 6.37. The minimum atomic E-state index is 0.644. The van der Waals surface area contributed by atoms with Gasteiger partial charge in [-0.25, -0.2) is 9.97 Å². The van der Waals surface area contributed by atoms with Crippen LogP contribution in [0.3, 0.4) is 0 Å². The van der Waals surface area contributed by atoms with Gasteiger partial charge in [-0.3, -0.25) is 0 Å². The van der Waals surface area contributed by atoms with Crippen molar-refractivity contribution in [2.45, 2.75) is 36.1 Å². The molecule has 4 heteroatoms. The van der Waals surface area contributed by atoms with Crippen LogP contribution in [0.5, 0.6) is 0 Å². The molecule has 0 aliphatic heterocycles. The van der Waals surface area contributed by atoms with Gasteiger partial charge in [0, 0.05) is 16.7 Å². The maximum absolute atomic E-state index is 4.49. The van der Waals surface area contributed by atoms with Gasteiger partial charge in [0.15, 0.2) is 0 Å². The van der Waals surface area contributed by atoms with Crippen molar-refractivity contribution in [3.05, 3.63) is 30.6 Å². The molecule has 3 rings (SSSR count). The molecule has 0 saturated heterocycles. The highest BCUT2D eigenvalue weighted by atomic mass is 32.2. The Morgan fingerprint density at radius 2 is 2.05 bits per heavy atom. The Morgan fingerprint density at radius 3 is 2.84 bits per heavy atom. The number of nitrogens with zero attached hydrogens (tertiary/aromatic N) is 2. The summed E-state index contributed by atoms with van der Waals surface area (Å²) in [6.07, 6.45) is 4.20. The van der Waals surface area contributed by atoms with Gasteiger partial charge >= 0.3 is 0 Å². The van der Waals surface area contributed by atoms with Crippen molar-refractivity contribution >= 4 is 22.7 Å². The number of hydrogen-bond acceptors (Lipinski definition) is 4. The number of hydrogen-bond donors (Lipinski definition) is 1. The molecule has 3 unspecified atom stereocenters. The molecule has 3 atom stereocenters. The Morgan fingerprint density at radius 1 is 1.21 bits per heavy atom. The lowest BCUT2D eigenvalue weighted by Crippen LogP contribution is -2.30. The van der Waals surface area contributed by atoms with Crippen LogP contribution in [0.15, 0.2) is 35.6 Å². The second kappa shape index (κ2) is 5.47. The molecule has 100 valence electrons. The molecule has 1 aliphatic rings. The zero-order valence-electron chi connectivity index (χ0n) is 11.3. The Hall–Kier alpha value is -1.13. The van der Waals surface area contributed by atoms with Gasteiger partial charge in [0.05, 0.1) is 5.52 Å². The highest BCUT2D eigenvalue weighted by molar-refractivity contribution is 8.00. The minimum absolute atomic E-state index is 0.644. The van der Waals surface area contributed by atoms with Crippen molar-refractivity contribution in [1.29, 1.82) is 0 Å². The number of benzene rings is 1. The molecule has 1 aromatic carbocycles. The Labute approximate surface area is 118 Å². The molecule has 1 aromatic heterocycles. The van der Waals surface area contributed by atoms with E-state index < -0.39 is 0 Å². The summed E-state index contributed by atoms with van der Waals surface area (Å²) in [5.74, 6) is 0.684. The van der Waals surface area contributed by atoms with E-state index in [0.29, 0.717) is 17.2 Å². The zero-order valence-corrected chi connectivity index (χ0v) is 12.2. The summed E-state index contributed by atoms with van der Waals surface area (Å²) in [6, 6.07) is 8.90. The van der Waals surface area contributed by atoms with Crippen LogP contribution >= 0.6 is 11.8 Å². The Kier molecular flexibility index (Phi) is 3.71. The third-order valence-corrected chi connectivity index (χ3v) is 5.64. The standard InChI is InChI=1S/C15H19N3S/c1-10-12(16-2)7-8-14(10)19-15-11-5-3-4-6-13(11)17-9-18-15/h3-6,9-10,12,14,16H,7-8H2,1-2H3. The van der Waals surface area contributed by atoms with E-state index in [1.54, 1.807) is 6.33 Å². The van der Waals surface area contributed by atoms with E-state index in [-0.39, 0.29) is 0 Å². The van der Waals surface area contributed by atoms with Crippen LogP contribution in [0.2, 0.25) is 0 Å². The summed E-state index contributed by atoms with van der Waals surface area (Å²) in [5.41, 5.74) is 1.04. The van der Waals surface area contributed by atoms with Crippen LogP contribution in [-0.2, 0) is 0 Å². The normalized spacial score (nSPS) is 26.9. The van der Waals surface area contributed by atoms with Crippen molar-refractivity contribution in [3.63, 3.8) is 0 Å². The average molecular weight is 273 g/mol. The van der Waals surface area contributed by atoms with Crippen LogP contribution < -0.4 is 5.32 Å². The van der Waals surface area contributed by atoms with Gasteiger partial charge in [0.1, 0.15) is 11.4 Å². The smallest absolute Gasteiger partial charge is 0.117 e. The maximum Gasteiger partial charge on any atom is 0.117 e. The first-order valence-corrected chi connectivity index (χ1v) is 7.71. The van der Waals surface area contributed by atoms with E-state index in [0.717, 1.165) is 10.5 Å². The van der Waals surface area contributed by atoms with Crippen molar-refractivity contribution < 1.29 is 0 Å². The van der Waals surface area contributed by atoms with E-state index in [1.807, 2.05) is 17.8 Å². The van der Waals surface area contributed by atoms with E-state index in [2.05, 4.69) is 47.5 Å². The predicted octanol–water partition coefficient (Wildman–Crippen LogP) is 3.11. The van der Waals surface area contributed by atoms with Crippen LogP contribution in [0.25, 0.3) is 10.9 Å². The first-order chi connectivity index (χ1) is 9.29. The predicted molar refractivity (Wildman–Crippen MR) is 80.4 cm³/mol. The van der Waals surface area contributed by atoms with Crippen molar-refractivity contribution in [2.75, 3.05) is 7.05 Å². The number of thioether (sulfide) groups is 1. The van der Waals surface area contributed by atoms with Gasteiger partial charge in [0.2, 0.25) is 0 Å². The van der Waals surface area contributed by atoms with Gasteiger partial charge in [0.25, 0.3) is 0 Å². The lowest BCUT2D eigenvalue weighted by molar-refractivity contribution is 0.464. The Bertz CT molecular complexity index is 567. The Balaban J connectivity index is 1.86.